The molecule has 6 heteroatoms. The van der Waals surface area contributed by atoms with Gasteiger partial charge < -0.3 is 14.8 Å². The third-order valence-electron chi connectivity index (χ3n) is 4.73. The molecule has 0 bridgehead atoms. The molecule has 3 aromatic rings. The van der Waals surface area contributed by atoms with Gasteiger partial charge in [-0.25, -0.2) is 0 Å². The average molecular weight is 393 g/mol. The molecule has 29 heavy (non-hydrogen) atoms. The van der Waals surface area contributed by atoms with E-state index in [-0.39, 0.29) is 5.91 Å². The van der Waals surface area contributed by atoms with Crippen LogP contribution < -0.4 is 14.8 Å². The van der Waals surface area contributed by atoms with Crippen LogP contribution in [0.4, 0.5) is 0 Å². The van der Waals surface area contributed by atoms with Gasteiger partial charge in [0.1, 0.15) is 18.1 Å². The Morgan fingerprint density at radius 2 is 1.97 bits per heavy atom. The van der Waals surface area contributed by atoms with Crippen molar-refractivity contribution in [2.45, 2.75) is 40.5 Å². The molecule has 0 aliphatic carbocycles. The van der Waals surface area contributed by atoms with E-state index in [0.717, 1.165) is 34.5 Å². The standard InChI is InChI=1S/C23H27N3O3/c1-5-26-14-18(13-25-26)12-24-23(27)19-8-9-21(28-4)20(11-19)15-29-22-10-16(2)6-7-17(22)3/h6-11,13-14H,5,12,15H2,1-4H3,(H,24,27). The van der Waals surface area contributed by atoms with Gasteiger partial charge in [-0.15, -0.1) is 0 Å². The summed E-state index contributed by atoms with van der Waals surface area (Å²) < 4.78 is 13.3. The molecular formula is C23H27N3O3. The van der Waals surface area contributed by atoms with Crippen LogP contribution in [0.15, 0.2) is 48.8 Å². The zero-order chi connectivity index (χ0) is 20.8. The first-order chi connectivity index (χ1) is 14.0. The van der Waals surface area contributed by atoms with Gasteiger partial charge in [-0.2, -0.15) is 5.10 Å². The van der Waals surface area contributed by atoms with Crippen LogP contribution in [0, 0.1) is 13.8 Å². The highest BCUT2D eigenvalue weighted by Gasteiger charge is 2.12. The lowest BCUT2D eigenvalue weighted by Gasteiger charge is -2.14. The molecule has 1 aromatic heterocycles. The molecule has 0 aliphatic heterocycles. The summed E-state index contributed by atoms with van der Waals surface area (Å²) in [5.41, 5.74) is 4.55. The summed E-state index contributed by atoms with van der Waals surface area (Å²) in [5.74, 6) is 1.37. The first kappa shape index (κ1) is 20.5. The highest BCUT2D eigenvalue weighted by molar-refractivity contribution is 5.94. The summed E-state index contributed by atoms with van der Waals surface area (Å²) >= 11 is 0. The van der Waals surface area contributed by atoms with Crippen molar-refractivity contribution in [2.24, 2.45) is 0 Å². The van der Waals surface area contributed by atoms with Crippen LogP contribution >= 0.6 is 0 Å². The van der Waals surface area contributed by atoms with Crippen molar-refractivity contribution in [3.63, 3.8) is 0 Å². The Labute approximate surface area is 171 Å². The summed E-state index contributed by atoms with van der Waals surface area (Å²) in [5, 5.41) is 7.15. The van der Waals surface area contributed by atoms with Crippen LogP contribution in [-0.2, 0) is 19.7 Å². The third kappa shape index (κ3) is 5.16. The number of carbonyl (C=O) groups excluding carboxylic acids is 1. The smallest absolute Gasteiger partial charge is 0.251 e. The number of carbonyl (C=O) groups is 1. The highest BCUT2D eigenvalue weighted by atomic mass is 16.5. The van der Waals surface area contributed by atoms with E-state index in [4.69, 9.17) is 9.47 Å². The lowest BCUT2D eigenvalue weighted by molar-refractivity contribution is 0.0950. The van der Waals surface area contributed by atoms with Crippen LogP contribution in [0.1, 0.15) is 39.5 Å². The minimum absolute atomic E-state index is 0.148. The number of methoxy groups -OCH3 is 1. The Bertz CT molecular complexity index is 995. The molecule has 0 atom stereocenters. The Hall–Kier alpha value is -3.28. The van der Waals surface area contributed by atoms with Crippen molar-refractivity contribution in [3.8, 4) is 11.5 Å². The molecule has 0 radical (unpaired) electrons. The predicted molar refractivity (Wildman–Crippen MR) is 112 cm³/mol. The molecular weight excluding hydrogens is 366 g/mol. The maximum absolute atomic E-state index is 12.6. The fourth-order valence-electron chi connectivity index (χ4n) is 3.01. The number of hydrogen-bond donors (Lipinski definition) is 1. The van der Waals surface area contributed by atoms with Crippen molar-refractivity contribution in [1.29, 1.82) is 0 Å². The topological polar surface area (TPSA) is 65.4 Å². The molecule has 0 spiro atoms. The lowest BCUT2D eigenvalue weighted by atomic mass is 10.1. The minimum Gasteiger partial charge on any atom is -0.496 e. The Balaban J connectivity index is 1.70. The lowest BCUT2D eigenvalue weighted by Crippen LogP contribution is -2.22. The van der Waals surface area contributed by atoms with Crippen molar-refractivity contribution in [2.75, 3.05) is 7.11 Å². The van der Waals surface area contributed by atoms with Crippen molar-refractivity contribution < 1.29 is 14.3 Å². The first-order valence-corrected chi connectivity index (χ1v) is 9.66. The van der Waals surface area contributed by atoms with Crippen LogP contribution in [0.2, 0.25) is 0 Å². The largest absolute Gasteiger partial charge is 0.496 e. The summed E-state index contributed by atoms with van der Waals surface area (Å²) in [6.07, 6.45) is 3.69. The van der Waals surface area contributed by atoms with Gasteiger partial charge >= 0.3 is 0 Å². The number of rotatable bonds is 8. The van der Waals surface area contributed by atoms with Crippen LogP contribution in [-0.4, -0.2) is 22.8 Å². The number of hydrogen-bond acceptors (Lipinski definition) is 4. The van der Waals surface area contributed by atoms with Gasteiger partial charge in [0.2, 0.25) is 0 Å². The average Bonchev–Trinajstić information content (AvgIpc) is 3.20. The van der Waals surface area contributed by atoms with Crippen LogP contribution in [0.5, 0.6) is 11.5 Å². The second-order valence-corrected chi connectivity index (χ2v) is 6.97. The fourth-order valence-corrected chi connectivity index (χ4v) is 3.01. The quantitative estimate of drug-likeness (QED) is 0.627. The van der Waals surface area contributed by atoms with Crippen molar-refractivity contribution >= 4 is 5.91 Å². The monoisotopic (exact) mass is 393 g/mol. The molecule has 6 nitrogen and oxygen atoms in total. The zero-order valence-corrected chi connectivity index (χ0v) is 17.4. The van der Waals surface area contributed by atoms with E-state index in [9.17, 15) is 4.79 Å². The molecule has 1 heterocycles. The number of aromatic nitrogens is 2. The summed E-state index contributed by atoms with van der Waals surface area (Å²) in [7, 11) is 1.61. The summed E-state index contributed by atoms with van der Waals surface area (Å²) in [6.45, 7) is 7.61. The van der Waals surface area contributed by atoms with Crippen molar-refractivity contribution in [3.05, 3.63) is 76.6 Å². The molecule has 0 fully saturated rings. The molecule has 1 N–H and O–H groups in total. The maximum atomic E-state index is 12.6. The maximum Gasteiger partial charge on any atom is 0.251 e. The fraction of sp³-hybridized carbons (Fsp3) is 0.304. The molecule has 0 saturated heterocycles. The molecule has 0 saturated carbocycles. The van der Waals surface area contributed by atoms with E-state index in [1.807, 2.05) is 49.8 Å². The van der Waals surface area contributed by atoms with E-state index >= 15 is 0 Å². The third-order valence-corrected chi connectivity index (χ3v) is 4.73. The van der Waals surface area contributed by atoms with E-state index in [1.165, 1.54) is 0 Å². The molecule has 0 aliphatic rings. The number of nitrogens with one attached hydrogen (secondary N) is 1. The van der Waals surface area contributed by atoms with E-state index in [1.54, 1.807) is 25.4 Å². The zero-order valence-electron chi connectivity index (χ0n) is 17.4. The normalized spacial score (nSPS) is 10.6. The summed E-state index contributed by atoms with van der Waals surface area (Å²) in [4.78, 5) is 12.6. The van der Waals surface area contributed by atoms with Gasteiger partial charge in [0, 0.05) is 36.0 Å². The molecule has 152 valence electrons. The van der Waals surface area contributed by atoms with E-state index in [0.29, 0.717) is 24.5 Å². The molecule has 3 rings (SSSR count). The van der Waals surface area contributed by atoms with Gasteiger partial charge in [0.15, 0.2) is 0 Å². The van der Waals surface area contributed by atoms with Gasteiger partial charge in [-0.3, -0.25) is 9.48 Å². The first-order valence-electron chi connectivity index (χ1n) is 9.66. The van der Waals surface area contributed by atoms with Crippen LogP contribution in [0.25, 0.3) is 0 Å². The van der Waals surface area contributed by atoms with Gasteiger partial charge in [-0.1, -0.05) is 12.1 Å². The highest BCUT2D eigenvalue weighted by Crippen LogP contribution is 2.25. The van der Waals surface area contributed by atoms with E-state index < -0.39 is 0 Å². The Morgan fingerprint density at radius 1 is 1.14 bits per heavy atom. The number of nitrogens with zero attached hydrogens (tertiary/aromatic N) is 2. The summed E-state index contributed by atoms with van der Waals surface area (Å²) in [6, 6.07) is 11.5. The van der Waals surface area contributed by atoms with Gasteiger partial charge in [-0.05, 0) is 56.2 Å². The molecule has 2 aromatic carbocycles. The molecule has 0 unspecified atom stereocenters. The Morgan fingerprint density at radius 3 is 2.69 bits per heavy atom. The minimum atomic E-state index is -0.148. The van der Waals surface area contributed by atoms with E-state index in [2.05, 4.69) is 16.5 Å². The van der Waals surface area contributed by atoms with Gasteiger partial charge in [0.05, 0.1) is 13.3 Å². The number of amides is 1. The van der Waals surface area contributed by atoms with Crippen molar-refractivity contribution in [1.82, 2.24) is 15.1 Å². The second kappa shape index (κ2) is 9.28. The Kier molecular flexibility index (Phi) is 6.54. The second-order valence-electron chi connectivity index (χ2n) is 6.97. The number of ether oxygens (including phenoxy) is 2. The van der Waals surface area contributed by atoms with Gasteiger partial charge in [0.25, 0.3) is 5.91 Å². The predicted octanol–water partition coefficient (Wildman–Crippen LogP) is 4.04. The number of benzene rings is 2. The van der Waals surface area contributed by atoms with Crippen LogP contribution in [0.3, 0.4) is 0 Å². The SMILES string of the molecule is CCn1cc(CNC(=O)c2ccc(OC)c(COc3cc(C)ccc3C)c2)cn1. The number of aryl methyl sites for hydroxylation is 3. The molecule has 1 amide bonds.